The lowest BCUT2D eigenvalue weighted by atomic mass is 10.1. The Morgan fingerprint density at radius 1 is 1.00 bits per heavy atom. The first-order valence-corrected chi connectivity index (χ1v) is 9.87. The third-order valence-corrected chi connectivity index (χ3v) is 4.61. The molecule has 0 aromatic heterocycles. The molecule has 0 bridgehead atoms. The van der Waals surface area contributed by atoms with Crippen LogP contribution in [-0.4, -0.2) is 46.1 Å². The Morgan fingerprint density at radius 3 is 2.20 bits per heavy atom. The maximum absolute atomic E-state index is 9.45. The molecule has 2 unspecified atom stereocenters. The van der Waals surface area contributed by atoms with Gasteiger partial charge in [-0.1, -0.05) is 24.3 Å². The number of phenols is 1. The number of benzene rings is 2. The van der Waals surface area contributed by atoms with Gasteiger partial charge in [0.15, 0.2) is 0 Å². The molecule has 3 N–H and O–H groups in total. The molecule has 0 heterocycles. The van der Waals surface area contributed by atoms with Gasteiger partial charge in [0.1, 0.15) is 11.5 Å². The molecule has 1 aliphatic rings. The second-order valence-corrected chi connectivity index (χ2v) is 6.97. The van der Waals surface area contributed by atoms with Crippen molar-refractivity contribution in [1.82, 2.24) is 0 Å². The minimum atomic E-state index is -0.431. The highest BCUT2D eigenvalue weighted by Crippen LogP contribution is 2.25. The van der Waals surface area contributed by atoms with Gasteiger partial charge in [0.05, 0.1) is 18.8 Å². The summed E-state index contributed by atoms with van der Waals surface area (Å²) in [5, 5.41) is 26.9. The molecule has 2 atom stereocenters. The van der Waals surface area contributed by atoms with E-state index >= 15 is 0 Å². The number of ether oxygens (including phenoxy) is 1. The van der Waals surface area contributed by atoms with E-state index in [1.54, 1.807) is 23.9 Å². The highest BCUT2D eigenvalue weighted by molar-refractivity contribution is 7.98. The predicted molar refractivity (Wildman–Crippen MR) is 103 cm³/mol. The summed E-state index contributed by atoms with van der Waals surface area (Å²) in [6.07, 6.45) is 3.74. The molecule has 0 aliphatic heterocycles. The summed E-state index contributed by atoms with van der Waals surface area (Å²) >= 11 is 1.77. The lowest BCUT2D eigenvalue weighted by Gasteiger charge is -2.07. The maximum Gasteiger partial charge on any atom is 0.119 e. The second kappa shape index (κ2) is 10.3. The van der Waals surface area contributed by atoms with Gasteiger partial charge in [0, 0.05) is 5.75 Å². The topological polar surface area (TPSA) is 69.9 Å². The summed E-state index contributed by atoms with van der Waals surface area (Å²) in [4.78, 5) is 0. The van der Waals surface area contributed by atoms with Gasteiger partial charge >= 0.3 is 0 Å². The molecule has 5 heteroatoms. The monoisotopic (exact) mass is 362 g/mol. The first-order valence-electron chi connectivity index (χ1n) is 8.47. The molecule has 0 radical (unpaired) electrons. The van der Waals surface area contributed by atoms with E-state index in [-0.39, 0.29) is 5.75 Å². The fraction of sp³-hybridized carbons (Fsp3) is 0.400. The normalized spacial score (nSPS) is 19.2. The van der Waals surface area contributed by atoms with Crippen LogP contribution < -0.4 is 4.74 Å². The van der Waals surface area contributed by atoms with Crippen LogP contribution in [-0.2, 0) is 0 Å². The van der Waals surface area contributed by atoms with Crippen molar-refractivity contribution in [2.75, 3.05) is 18.6 Å². The van der Waals surface area contributed by atoms with Gasteiger partial charge in [-0.15, -0.1) is 0 Å². The third kappa shape index (κ3) is 6.61. The summed E-state index contributed by atoms with van der Waals surface area (Å²) in [7, 11) is 0. The van der Waals surface area contributed by atoms with E-state index < -0.39 is 12.2 Å². The predicted octanol–water partition coefficient (Wildman–Crippen LogP) is 3.69. The molecule has 1 saturated carbocycles. The van der Waals surface area contributed by atoms with Crippen molar-refractivity contribution >= 4 is 11.8 Å². The number of aromatic hydroxyl groups is 1. The van der Waals surface area contributed by atoms with E-state index in [0.717, 1.165) is 48.5 Å². The van der Waals surface area contributed by atoms with E-state index in [1.165, 1.54) is 0 Å². The summed E-state index contributed by atoms with van der Waals surface area (Å²) < 4.78 is 5.59. The van der Waals surface area contributed by atoms with Crippen molar-refractivity contribution in [3.05, 3.63) is 48.5 Å². The second-order valence-electron chi connectivity index (χ2n) is 5.98. The minimum absolute atomic E-state index is 0.285. The Bertz CT molecular complexity index is 622. The Kier molecular flexibility index (Phi) is 8.12. The van der Waals surface area contributed by atoms with Crippen LogP contribution in [0.15, 0.2) is 48.5 Å². The van der Waals surface area contributed by atoms with Crippen LogP contribution >= 0.6 is 11.8 Å². The zero-order valence-corrected chi connectivity index (χ0v) is 15.3. The molecule has 0 amide bonds. The number of thioether (sulfide) groups is 1. The largest absolute Gasteiger partial charge is 0.508 e. The van der Waals surface area contributed by atoms with Crippen LogP contribution in [0.1, 0.15) is 19.3 Å². The van der Waals surface area contributed by atoms with Crippen molar-refractivity contribution in [1.29, 1.82) is 0 Å². The molecular formula is C20H26O4S. The van der Waals surface area contributed by atoms with E-state index in [2.05, 4.69) is 6.26 Å². The summed E-state index contributed by atoms with van der Waals surface area (Å²) in [5.41, 5.74) is 2.08. The van der Waals surface area contributed by atoms with Crippen LogP contribution in [0.4, 0.5) is 0 Å². The Hall–Kier alpha value is -1.69. The molecule has 2 aromatic rings. The van der Waals surface area contributed by atoms with Gasteiger partial charge in [0.2, 0.25) is 0 Å². The van der Waals surface area contributed by atoms with Crippen LogP contribution in [0.3, 0.4) is 0 Å². The van der Waals surface area contributed by atoms with Crippen LogP contribution in [0.2, 0.25) is 0 Å². The van der Waals surface area contributed by atoms with Gasteiger partial charge < -0.3 is 20.1 Å². The standard InChI is InChI=1S/C15H16O2S.C5H10O2/c1-18-10-9-17-15-7-5-12(6-8-15)13-3-2-4-14(16)11-13;6-4-2-1-3-5(4)7/h2-8,11,16H,9-10H2,1H3;4-7H,1-3H2. The number of aliphatic hydroxyl groups excluding tert-OH is 2. The van der Waals surface area contributed by atoms with Crippen LogP contribution in [0, 0.1) is 0 Å². The van der Waals surface area contributed by atoms with Crippen LogP contribution in [0.5, 0.6) is 11.5 Å². The molecule has 4 nitrogen and oxygen atoms in total. The molecule has 3 rings (SSSR count). The molecule has 1 aliphatic carbocycles. The van der Waals surface area contributed by atoms with Gasteiger partial charge in [0.25, 0.3) is 0 Å². The van der Waals surface area contributed by atoms with Crippen molar-refractivity contribution < 1.29 is 20.1 Å². The highest BCUT2D eigenvalue weighted by Gasteiger charge is 2.21. The quantitative estimate of drug-likeness (QED) is 0.708. The van der Waals surface area contributed by atoms with Crippen molar-refractivity contribution in [3.63, 3.8) is 0 Å². The van der Waals surface area contributed by atoms with Crippen molar-refractivity contribution in [2.45, 2.75) is 31.5 Å². The third-order valence-electron chi connectivity index (χ3n) is 4.03. The van der Waals surface area contributed by atoms with Crippen molar-refractivity contribution in [3.8, 4) is 22.6 Å². The number of phenolic OH excluding ortho intramolecular Hbond substituents is 1. The average molecular weight is 362 g/mol. The number of hydrogen-bond donors (Lipinski definition) is 3. The first kappa shape index (κ1) is 19.6. The Balaban J connectivity index is 0.000000269. The minimum Gasteiger partial charge on any atom is -0.508 e. The molecule has 0 spiro atoms. The number of rotatable bonds is 5. The van der Waals surface area contributed by atoms with Gasteiger partial charge in [-0.05, 0) is 60.9 Å². The molecule has 25 heavy (non-hydrogen) atoms. The molecule has 1 fully saturated rings. The number of aliphatic hydroxyl groups is 2. The zero-order valence-electron chi connectivity index (χ0n) is 14.5. The summed E-state index contributed by atoms with van der Waals surface area (Å²) in [5.74, 6) is 2.16. The van der Waals surface area contributed by atoms with E-state index in [9.17, 15) is 5.11 Å². The van der Waals surface area contributed by atoms with E-state index in [4.69, 9.17) is 14.9 Å². The van der Waals surface area contributed by atoms with Crippen molar-refractivity contribution in [2.24, 2.45) is 0 Å². The lowest BCUT2D eigenvalue weighted by Crippen LogP contribution is -2.17. The smallest absolute Gasteiger partial charge is 0.119 e. The Labute approximate surface area is 153 Å². The van der Waals surface area contributed by atoms with Gasteiger partial charge in [-0.2, -0.15) is 11.8 Å². The molecular weight excluding hydrogens is 336 g/mol. The number of hydrogen-bond acceptors (Lipinski definition) is 5. The molecule has 2 aromatic carbocycles. The zero-order chi connectivity index (χ0) is 18.1. The molecule has 0 saturated heterocycles. The Morgan fingerprint density at radius 2 is 1.68 bits per heavy atom. The summed E-state index contributed by atoms with van der Waals surface area (Å²) in [6.45, 7) is 0.729. The average Bonchev–Trinajstić information content (AvgIpc) is 2.99. The van der Waals surface area contributed by atoms with E-state index in [0.29, 0.717) is 0 Å². The van der Waals surface area contributed by atoms with Crippen LogP contribution in [0.25, 0.3) is 11.1 Å². The fourth-order valence-corrected chi connectivity index (χ4v) is 2.84. The SMILES string of the molecule is CSCCOc1ccc(-c2cccc(O)c2)cc1.OC1CCCC1O. The lowest BCUT2D eigenvalue weighted by molar-refractivity contribution is 0.0438. The van der Waals surface area contributed by atoms with Gasteiger partial charge in [-0.25, -0.2) is 0 Å². The fourth-order valence-electron chi connectivity index (χ4n) is 2.59. The summed E-state index contributed by atoms with van der Waals surface area (Å²) in [6, 6.07) is 15.2. The first-order chi connectivity index (χ1) is 12.1. The van der Waals surface area contributed by atoms with Gasteiger partial charge in [-0.3, -0.25) is 0 Å². The molecule has 136 valence electrons. The maximum atomic E-state index is 9.45. The highest BCUT2D eigenvalue weighted by atomic mass is 32.2. The van der Waals surface area contributed by atoms with E-state index in [1.807, 2.05) is 36.4 Å².